The van der Waals surface area contributed by atoms with Crippen LogP contribution in [0.1, 0.15) is 6.92 Å². The molecule has 115 valence electrons. The van der Waals surface area contributed by atoms with Gasteiger partial charge in [-0.15, -0.1) is 0 Å². The maximum atomic E-state index is 4.35. The van der Waals surface area contributed by atoms with Crippen molar-refractivity contribution in [2.24, 2.45) is 0 Å². The molecule has 0 aliphatic heterocycles. The van der Waals surface area contributed by atoms with Crippen LogP contribution >= 0.6 is 12.2 Å². The third kappa shape index (κ3) is 26.1. The fourth-order valence-corrected chi connectivity index (χ4v) is 1.03. The van der Waals surface area contributed by atoms with Crippen LogP contribution in [0, 0.1) is 18.2 Å². The van der Waals surface area contributed by atoms with Gasteiger partial charge in [0.15, 0.2) is 0 Å². The quantitative estimate of drug-likeness (QED) is 0.229. The van der Waals surface area contributed by atoms with Crippen molar-refractivity contribution in [1.82, 2.24) is 0 Å². The van der Waals surface area contributed by atoms with Crippen LogP contribution in [0.3, 0.4) is 0 Å². The molecule has 0 bridgehead atoms. The molecule has 23 heavy (non-hydrogen) atoms. The molecule has 0 nitrogen and oxygen atoms in total. The van der Waals surface area contributed by atoms with Gasteiger partial charge in [0.1, 0.15) is 0 Å². The van der Waals surface area contributed by atoms with Crippen LogP contribution in [0.5, 0.6) is 0 Å². The average Bonchev–Trinajstić information content (AvgIpc) is 2.60. The van der Waals surface area contributed by atoms with Gasteiger partial charge in [-0.2, -0.15) is 4.20 Å². The summed E-state index contributed by atoms with van der Waals surface area (Å²) in [5, 5.41) is 0. The Morgan fingerprint density at radius 3 is 0.826 bits per heavy atom. The van der Waals surface area contributed by atoms with Crippen LogP contribution in [0.15, 0.2) is 91.0 Å². The standard InChI is InChI=1S/3C6H5.C2H4S2.Pb/c3*1-2-4-6-5-3-1;1-2(3)4;/h3*1-5H;1H3,(H,3,4);/p-1. The minimum atomic E-state index is 0. The largest absolute Gasteiger partial charge is 0.433 e. The number of benzene rings is 3. The van der Waals surface area contributed by atoms with Crippen LogP contribution in [0.2, 0.25) is 0 Å². The van der Waals surface area contributed by atoms with E-state index in [-0.39, 0.29) is 27.3 Å². The van der Waals surface area contributed by atoms with Gasteiger partial charge < -0.3 is 24.8 Å². The SMILES string of the molecule is CC(=S)[S-].[Pb].[c]1ccccc1.[c]1ccccc1.[c]1ccccc1. The van der Waals surface area contributed by atoms with Gasteiger partial charge in [-0.25, -0.2) is 0 Å². The molecule has 3 heteroatoms. The van der Waals surface area contributed by atoms with Crippen molar-refractivity contribution < 1.29 is 0 Å². The number of hydrogen-bond donors (Lipinski definition) is 0. The number of thiocarbonyl (C=S) groups is 1. The molecule has 3 aromatic rings. The molecule has 3 rings (SSSR count). The summed E-state index contributed by atoms with van der Waals surface area (Å²) in [6.07, 6.45) is 0. The first-order chi connectivity index (χ1) is 10.7. The Hall–Kier alpha value is -1.11. The van der Waals surface area contributed by atoms with E-state index in [9.17, 15) is 0 Å². The zero-order chi connectivity index (χ0) is 16.3. The molecular weight excluding hydrogens is 512 g/mol. The van der Waals surface area contributed by atoms with Crippen molar-refractivity contribution in [3.63, 3.8) is 0 Å². The Kier molecular flexibility index (Phi) is 21.9. The van der Waals surface area contributed by atoms with E-state index < -0.39 is 0 Å². The maximum Gasteiger partial charge on any atom is 0 e. The normalized spacial score (nSPS) is 7.35. The molecular formula is C20H18PbS2-. The molecule has 0 fully saturated rings. The van der Waals surface area contributed by atoms with Gasteiger partial charge in [0.05, 0.1) is 0 Å². The zero-order valence-electron chi connectivity index (χ0n) is 13.0. The fraction of sp³-hybridized carbons (Fsp3) is 0.0500. The number of rotatable bonds is 0. The molecule has 0 saturated carbocycles. The van der Waals surface area contributed by atoms with E-state index in [0.717, 1.165) is 0 Å². The Bertz CT molecular complexity index is 383. The second-order valence-electron chi connectivity index (χ2n) is 3.72. The predicted octanol–water partition coefficient (Wildman–Crippen LogP) is 4.96. The Morgan fingerprint density at radius 2 is 0.783 bits per heavy atom. The van der Waals surface area contributed by atoms with E-state index in [0.29, 0.717) is 4.20 Å². The van der Waals surface area contributed by atoms with Crippen LogP contribution in [-0.4, -0.2) is 31.5 Å². The molecule has 7 radical (unpaired) electrons. The molecule has 0 N–H and O–H groups in total. The Morgan fingerprint density at radius 1 is 0.609 bits per heavy atom. The third-order valence-corrected chi connectivity index (χ3v) is 1.82. The van der Waals surface area contributed by atoms with Crippen molar-refractivity contribution in [3.8, 4) is 0 Å². The van der Waals surface area contributed by atoms with Crippen molar-refractivity contribution in [2.75, 3.05) is 0 Å². The fourth-order valence-electron chi connectivity index (χ4n) is 1.03. The summed E-state index contributed by atoms with van der Waals surface area (Å²) in [4.78, 5) is 0. The summed E-state index contributed by atoms with van der Waals surface area (Å²) in [6.45, 7) is 1.71. The van der Waals surface area contributed by atoms with E-state index in [1.54, 1.807) is 6.92 Å². The van der Waals surface area contributed by atoms with Crippen LogP contribution < -0.4 is 0 Å². The van der Waals surface area contributed by atoms with E-state index >= 15 is 0 Å². The van der Waals surface area contributed by atoms with Crippen molar-refractivity contribution in [3.05, 3.63) is 109 Å². The maximum absolute atomic E-state index is 4.35. The van der Waals surface area contributed by atoms with E-state index in [1.807, 2.05) is 91.0 Å². The summed E-state index contributed by atoms with van der Waals surface area (Å²) < 4.78 is 0.583. The van der Waals surface area contributed by atoms with Gasteiger partial charge in [0.25, 0.3) is 0 Å². The number of hydrogen-bond acceptors (Lipinski definition) is 2. The van der Waals surface area contributed by atoms with E-state index in [1.165, 1.54) is 0 Å². The van der Waals surface area contributed by atoms with Gasteiger partial charge in [-0.05, 0) is 18.2 Å². The summed E-state index contributed by atoms with van der Waals surface area (Å²) in [6, 6.07) is 37.5. The zero-order valence-corrected chi connectivity index (χ0v) is 18.5. The molecule has 0 atom stereocenters. The molecule has 0 aliphatic carbocycles. The van der Waals surface area contributed by atoms with Gasteiger partial charge >= 0.3 is 0 Å². The second-order valence-corrected chi connectivity index (χ2v) is 5.21. The summed E-state index contributed by atoms with van der Waals surface area (Å²) >= 11 is 8.70. The molecule has 0 unspecified atom stereocenters. The molecule has 3 aromatic carbocycles. The second kappa shape index (κ2) is 20.9. The minimum Gasteiger partial charge on any atom is -0.433 e. The first-order valence-electron chi connectivity index (χ1n) is 6.64. The van der Waals surface area contributed by atoms with E-state index in [2.05, 4.69) is 43.0 Å². The molecule has 0 saturated heterocycles. The van der Waals surface area contributed by atoms with Gasteiger partial charge in [-0.3, -0.25) is 0 Å². The minimum absolute atomic E-state index is 0. The predicted molar refractivity (Wildman–Crippen MR) is 107 cm³/mol. The smallest absolute Gasteiger partial charge is 0 e. The Balaban J connectivity index is 0. The molecule has 0 amide bonds. The summed E-state index contributed by atoms with van der Waals surface area (Å²) in [5.74, 6) is 0. The van der Waals surface area contributed by atoms with Crippen LogP contribution in [-0.2, 0) is 12.6 Å². The average molecular weight is 530 g/mol. The summed E-state index contributed by atoms with van der Waals surface area (Å²) in [5.41, 5.74) is 0. The van der Waals surface area contributed by atoms with E-state index in [4.69, 9.17) is 0 Å². The van der Waals surface area contributed by atoms with Crippen molar-refractivity contribution in [1.29, 1.82) is 0 Å². The molecule has 0 aromatic heterocycles. The van der Waals surface area contributed by atoms with Gasteiger partial charge in [0.2, 0.25) is 0 Å². The van der Waals surface area contributed by atoms with Gasteiger partial charge in [-0.1, -0.05) is 97.9 Å². The Labute approximate surface area is 171 Å². The van der Waals surface area contributed by atoms with Crippen LogP contribution in [0.4, 0.5) is 0 Å². The molecule has 0 spiro atoms. The van der Waals surface area contributed by atoms with Gasteiger partial charge in [0, 0.05) is 27.3 Å². The first-order valence-corrected chi connectivity index (χ1v) is 7.46. The van der Waals surface area contributed by atoms with Crippen LogP contribution in [0.25, 0.3) is 0 Å². The molecule has 0 aliphatic rings. The molecule has 0 heterocycles. The topological polar surface area (TPSA) is 0 Å². The monoisotopic (exact) mass is 530 g/mol. The third-order valence-electron chi connectivity index (χ3n) is 1.82. The van der Waals surface area contributed by atoms with Crippen molar-refractivity contribution >= 4 is 56.3 Å². The van der Waals surface area contributed by atoms with Crippen molar-refractivity contribution in [2.45, 2.75) is 6.92 Å². The summed E-state index contributed by atoms with van der Waals surface area (Å²) in [7, 11) is 0. The first kappa shape index (κ1) is 24.1.